The number of halogens is 1. The smallest absolute Gasteiger partial charge is 0.267 e. The van der Waals surface area contributed by atoms with Gasteiger partial charge in [0.15, 0.2) is 0 Å². The van der Waals surface area contributed by atoms with E-state index in [0.29, 0.717) is 34.6 Å². The number of fused-ring (bicyclic) bond motifs is 1. The molecular formula is C27H25FN4O2. The molecule has 4 aromatic rings. The second kappa shape index (κ2) is 9.09. The minimum atomic E-state index is -0.366. The van der Waals surface area contributed by atoms with E-state index in [1.807, 2.05) is 31.2 Å². The summed E-state index contributed by atoms with van der Waals surface area (Å²) in [4.78, 5) is 33.2. The summed E-state index contributed by atoms with van der Waals surface area (Å²) < 4.78 is 15.0. The molecule has 1 saturated heterocycles. The fourth-order valence-corrected chi connectivity index (χ4v) is 4.26. The molecular weight excluding hydrogens is 431 g/mol. The summed E-state index contributed by atoms with van der Waals surface area (Å²) in [5, 5.41) is 3.34. The van der Waals surface area contributed by atoms with Crippen molar-refractivity contribution in [2.75, 3.05) is 18.0 Å². The molecule has 0 unspecified atom stereocenters. The van der Waals surface area contributed by atoms with Crippen molar-refractivity contribution >= 4 is 22.8 Å². The number of anilines is 1. The Hall–Kier alpha value is -4.00. The van der Waals surface area contributed by atoms with Crippen LogP contribution >= 0.6 is 0 Å². The number of rotatable bonds is 5. The first-order valence-electron chi connectivity index (χ1n) is 11.4. The molecule has 1 N–H and O–H groups in total. The molecule has 3 aromatic carbocycles. The zero-order valence-electron chi connectivity index (χ0n) is 18.9. The lowest BCUT2D eigenvalue weighted by Gasteiger charge is -2.22. The van der Waals surface area contributed by atoms with Crippen LogP contribution in [0.3, 0.4) is 0 Å². The first-order valence-corrected chi connectivity index (χ1v) is 11.4. The molecule has 0 atom stereocenters. The van der Waals surface area contributed by atoms with Crippen LogP contribution in [0.1, 0.15) is 34.3 Å². The lowest BCUT2D eigenvalue weighted by Crippen LogP contribution is -2.30. The van der Waals surface area contributed by atoms with E-state index >= 15 is 0 Å². The van der Waals surface area contributed by atoms with Gasteiger partial charge >= 0.3 is 0 Å². The summed E-state index contributed by atoms with van der Waals surface area (Å²) >= 11 is 0. The largest absolute Gasteiger partial charge is 0.348 e. The predicted molar refractivity (Wildman–Crippen MR) is 131 cm³/mol. The predicted octanol–water partition coefficient (Wildman–Crippen LogP) is 4.36. The van der Waals surface area contributed by atoms with E-state index in [9.17, 15) is 14.0 Å². The fraction of sp³-hybridized carbons (Fsp3) is 0.222. The van der Waals surface area contributed by atoms with Gasteiger partial charge in [-0.15, -0.1) is 0 Å². The third-order valence-electron chi connectivity index (χ3n) is 6.16. The van der Waals surface area contributed by atoms with E-state index in [-0.39, 0.29) is 17.3 Å². The highest BCUT2D eigenvalue weighted by atomic mass is 19.1. The quantitative estimate of drug-likeness (QED) is 0.485. The van der Waals surface area contributed by atoms with Crippen LogP contribution in [0.2, 0.25) is 0 Å². The molecule has 0 bridgehead atoms. The summed E-state index contributed by atoms with van der Waals surface area (Å²) in [6.07, 6.45) is 2.03. The first-order chi connectivity index (χ1) is 16.5. The van der Waals surface area contributed by atoms with E-state index in [1.165, 1.54) is 16.7 Å². The average Bonchev–Trinajstić information content (AvgIpc) is 3.39. The number of amides is 1. The van der Waals surface area contributed by atoms with Crippen molar-refractivity contribution in [1.29, 1.82) is 0 Å². The summed E-state index contributed by atoms with van der Waals surface area (Å²) in [6.45, 7) is 4.01. The van der Waals surface area contributed by atoms with Crippen LogP contribution in [0, 0.1) is 12.7 Å². The van der Waals surface area contributed by atoms with E-state index < -0.39 is 0 Å². The van der Waals surface area contributed by atoms with Gasteiger partial charge in [-0.2, -0.15) is 0 Å². The average molecular weight is 457 g/mol. The highest BCUT2D eigenvalue weighted by molar-refractivity contribution is 5.97. The minimum absolute atomic E-state index is 0.227. The molecule has 34 heavy (non-hydrogen) atoms. The van der Waals surface area contributed by atoms with Gasteiger partial charge in [0.05, 0.1) is 16.6 Å². The Morgan fingerprint density at radius 2 is 1.71 bits per heavy atom. The van der Waals surface area contributed by atoms with Gasteiger partial charge in [0, 0.05) is 25.2 Å². The standard InChI is InChI=1S/C27H25FN4O2/c1-18-4-6-19(7-5-18)17-29-25(33)20-8-13-23-24(16-20)30-27(31-14-2-3-15-31)32(26(23)34)22-11-9-21(28)10-12-22/h4-13,16H,2-3,14-15,17H2,1H3,(H,29,33). The van der Waals surface area contributed by atoms with Crippen molar-refractivity contribution in [2.45, 2.75) is 26.3 Å². The third kappa shape index (κ3) is 4.29. The van der Waals surface area contributed by atoms with E-state index in [2.05, 4.69) is 10.2 Å². The molecule has 0 saturated carbocycles. The van der Waals surface area contributed by atoms with Crippen LogP contribution in [0.15, 0.2) is 71.5 Å². The Morgan fingerprint density at radius 1 is 1.00 bits per heavy atom. The van der Waals surface area contributed by atoms with Gasteiger partial charge < -0.3 is 10.2 Å². The Balaban J connectivity index is 1.52. The number of carbonyl (C=O) groups excluding carboxylic acids is 1. The van der Waals surface area contributed by atoms with Crippen LogP contribution < -0.4 is 15.8 Å². The lowest BCUT2D eigenvalue weighted by molar-refractivity contribution is 0.0951. The first kappa shape index (κ1) is 21.8. The third-order valence-corrected chi connectivity index (χ3v) is 6.16. The molecule has 172 valence electrons. The number of hydrogen-bond acceptors (Lipinski definition) is 4. The fourth-order valence-electron chi connectivity index (χ4n) is 4.26. The molecule has 1 aliphatic rings. The van der Waals surface area contributed by atoms with Gasteiger partial charge in [-0.05, 0) is 67.8 Å². The molecule has 0 aliphatic carbocycles. The number of benzene rings is 3. The Kier molecular flexibility index (Phi) is 5.84. The topological polar surface area (TPSA) is 67.2 Å². The van der Waals surface area contributed by atoms with E-state index in [4.69, 9.17) is 4.98 Å². The van der Waals surface area contributed by atoms with Gasteiger partial charge in [0.2, 0.25) is 5.95 Å². The molecule has 0 radical (unpaired) electrons. The zero-order valence-corrected chi connectivity index (χ0v) is 18.9. The second-order valence-corrected chi connectivity index (χ2v) is 8.62. The van der Waals surface area contributed by atoms with Gasteiger partial charge in [-0.1, -0.05) is 29.8 Å². The maximum Gasteiger partial charge on any atom is 0.267 e. The van der Waals surface area contributed by atoms with Crippen LogP contribution in [0.4, 0.5) is 10.3 Å². The molecule has 5 rings (SSSR count). The van der Waals surface area contributed by atoms with E-state index in [1.54, 1.807) is 30.3 Å². The lowest BCUT2D eigenvalue weighted by atomic mass is 10.1. The maximum absolute atomic E-state index is 13.5. The van der Waals surface area contributed by atoms with Crippen molar-refractivity contribution in [2.24, 2.45) is 0 Å². The van der Waals surface area contributed by atoms with Crippen molar-refractivity contribution in [3.63, 3.8) is 0 Å². The Bertz CT molecular complexity index is 1410. The molecule has 1 aromatic heterocycles. The van der Waals surface area contributed by atoms with Crippen LogP contribution in [0.5, 0.6) is 0 Å². The molecule has 0 spiro atoms. The molecule has 7 heteroatoms. The number of aryl methyl sites for hydroxylation is 1. The number of hydrogen-bond donors (Lipinski definition) is 1. The normalized spacial score (nSPS) is 13.4. The zero-order chi connectivity index (χ0) is 23.7. The summed E-state index contributed by atoms with van der Waals surface area (Å²) in [5.41, 5.74) is 3.39. The SMILES string of the molecule is Cc1ccc(CNC(=O)c2ccc3c(=O)n(-c4ccc(F)cc4)c(N4CCCC4)nc3c2)cc1. The monoisotopic (exact) mass is 456 g/mol. The van der Waals surface area contributed by atoms with Crippen molar-refractivity contribution in [1.82, 2.24) is 14.9 Å². The van der Waals surface area contributed by atoms with E-state index in [0.717, 1.165) is 37.1 Å². The molecule has 1 amide bonds. The van der Waals surface area contributed by atoms with Crippen LogP contribution in [-0.2, 0) is 6.54 Å². The number of nitrogens with one attached hydrogen (secondary N) is 1. The molecule has 1 fully saturated rings. The Labute approximate surface area is 196 Å². The Morgan fingerprint density at radius 3 is 2.41 bits per heavy atom. The number of aromatic nitrogens is 2. The maximum atomic E-state index is 13.5. The second-order valence-electron chi connectivity index (χ2n) is 8.62. The molecule has 1 aliphatic heterocycles. The van der Waals surface area contributed by atoms with Crippen molar-refractivity contribution in [3.05, 3.63) is 99.6 Å². The van der Waals surface area contributed by atoms with Gasteiger partial charge in [0.25, 0.3) is 11.5 Å². The molecule has 6 nitrogen and oxygen atoms in total. The van der Waals surface area contributed by atoms with Crippen LogP contribution in [-0.4, -0.2) is 28.5 Å². The van der Waals surface area contributed by atoms with Crippen LogP contribution in [0.25, 0.3) is 16.6 Å². The molecule has 2 heterocycles. The summed E-state index contributed by atoms with van der Waals surface area (Å²) in [6, 6.07) is 18.8. The van der Waals surface area contributed by atoms with Crippen molar-refractivity contribution in [3.8, 4) is 5.69 Å². The number of carbonyl (C=O) groups is 1. The highest BCUT2D eigenvalue weighted by Crippen LogP contribution is 2.23. The van der Waals surface area contributed by atoms with Gasteiger partial charge in [-0.3, -0.25) is 9.59 Å². The van der Waals surface area contributed by atoms with Crippen molar-refractivity contribution < 1.29 is 9.18 Å². The summed E-state index contributed by atoms with van der Waals surface area (Å²) in [7, 11) is 0. The summed E-state index contributed by atoms with van der Waals surface area (Å²) in [5.74, 6) is -0.0805. The van der Waals surface area contributed by atoms with Gasteiger partial charge in [-0.25, -0.2) is 13.9 Å². The number of nitrogens with zero attached hydrogens (tertiary/aromatic N) is 3. The van der Waals surface area contributed by atoms with Gasteiger partial charge in [0.1, 0.15) is 5.82 Å². The highest BCUT2D eigenvalue weighted by Gasteiger charge is 2.21. The minimum Gasteiger partial charge on any atom is -0.348 e.